The molecule has 19 heavy (non-hydrogen) atoms. The Morgan fingerprint density at radius 3 is 1.89 bits per heavy atom. The Morgan fingerprint density at radius 2 is 1.58 bits per heavy atom. The molecule has 0 N–H and O–H groups in total. The number of rotatable bonds is 11. The minimum Gasteiger partial charge on any atom is -0.306 e. The van der Waals surface area contributed by atoms with E-state index in [0.717, 1.165) is 0 Å². The molecule has 13 heteroatoms. The number of halogens is 2. The van der Waals surface area contributed by atoms with Crippen LogP contribution in [0, 0.1) is 20.2 Å². The number of hydrogen-bond acceptors (Lipinski definition) is 8. The van der Waals surface area contributed by atoms with Crippen LogP contribution in [0.1, 0.15) is 0 Å². The highest BCUT2D eigenvalue weighted by molar-refractivity contribution is 7.54. The molecule has 0 aromatic carbocycles. The van der Waals surface area contributed by atoms with Crippen LogP contribution >= 0.6 is 30.8 Å². The summed E-state index contributed by atoms with van der Waals surface area (Å²) >= 11 is 10.6. The molecule has 0 bridgehead atoms. The Morgan fingerprint density at radius 1 is 1.11 bits per heavy atom. The van der Waals surface area contributed by atoms with Crippen LogP contribution in [0.4, 0.5) is 0 Å². The molecule has 0 saturated heterocycles. The van der Waals surface area contributed by atoms with E-state index < -0.39 is 30.0 Å². The molecule has 0 aliphatic rings. The summed E-state index contributed by atoms with van der Waals surface area (Å²) < 4.78 is 21.7. The van der Waals surface area contributed by atoms with Gasteiger partial charge >= 0.3 is 7.60 Å². The first-order valence-corrected chi connectivity index (χ1v) is 7.47. The van der Waals surface area contributed by atoms with E-state index in [0.29, 0.717) is 0 Å². The fourth-order valence-electron chi connectivity index (χ4n) is 0.945. The van der Waals surface area contributed by atoms with Crippen LogP contribution in [-0.2, 0) is 18.5 Å². The van der Waals surface area contributed by atoms with Crippen LogP contribution < -0.4 is 0 Å². The van der Waals surface area contributed by atoms with Crippen molar-refractivity contribution in [3.05, 3.63) is 20.2 Å². The second-order valence-electron chi connectivity index (χ2n) is 2.88. The van der Waals surface area contributed by atoms with Gasteiger partial charge in [-0.3, -0.25) is 19.5 Å². The summed E-state index contributed by atoms with van der Waals surface area (Å²) in [5, 5.41) is 19.4. The predicted molar refractivity (Wildman–Crippen MR) is 64.7 cm³/mol. The molecule has 0 spiro atoms. The van der Waals surface area contributed by atoms with E-state index in [-0.39, 0.29) is 25.0 Å². The number of nitrogens with zero attached hydrogens (tertiary/aromatic N) is 2. The summed E-state index contributed by atoms with van der Waals surface area (Å²) in [7, 11) is -4.24. The van der Waals surface area contributed by atoms with Crippen molar-refractivity contribution in [1.82, 2.24) is 0 Å². The third kappa shape index (κ3) is 7.48. The smallest absolute Gasteiger partial charge is 0.306 e. The molecule has 10 nitrogen and oxygen atoms in total. The van der Waals surface area contributed by atoms with Crippen LogP contribution in [0.15, 0.2) is 0 Å². The van der Waals surface area contributed by atoms with Gasteiger partial charge in [0.15, 0.2) is 0 Å². The van der Waals surface area contributed by atoms with Crippen LogP contribution in [-0.4, -0.2) is 47.4 Å². The Hall–Kier alpha value is -0.670. The monoisotopic (exact) mass is 340 g/mol. The van der Waals surface area contributed by atoms with Crippen molar-refractivity contribution >= 4 is 30.8 Å². The lowest BCUT2D eigenvalue weighted by atomic mass is 10.7. The quantitative estimate of drug-likeness (QED) is 0.239. The first-order chi connectivity index (χ1) is 8.85. The predicted octanol–water partition coefficient (Wildman–Crippen LogP) is 1.50. The molecule has 0 radical (unpaired) electrons. The first-order valence-electron chi connectivity index (χ1n) is 4.79. The van der Waals surface area contributed by atoms with Crippen molar-refractivity contribution in [2.45, 2.75) is 5.85 Å². The largest absolute Gasteiger partial charge is 0.366 e. The van der Waals surface area contributed by atoms with Gasteiger partial charge in [-0.1, -0.05) is 0 Å². The highest BCUT2D eigenvalue weighted by Gasteiger charge is 2.43. The summed E-state index contributed by atoms with van der Waals surface area (Å²) in [4.78, 5) is 23.7. The van der Waals surface area contributed by atoms with Crippen LogP contribution in [0.2, 0.25) is 0 Å². The molecule has 0 aliphatic carbocycles. The minimum absolute atomic E-state index is 0.0854. The van der Waals surface area contributed by atoms with E-state index >= 15 is 0 Å². The zero-order chi connectivity index (χ0) is 14.9. The summed E-state index contributed by atoms with van der Waals surface area (Å²) in [5.41, 5.74) is 0. The number of hydrogen-bond donors (Lipinski definition) is 0. The second-order valence-corrected chi connectivity index (χ2v) is 5.81. The van der Waals surface area contributed by atoms with E-state index in [2.05, 4.69) is 4.84 Å². The van der Waals surface area contributed by atoms with Crippen molar-refractivity contribution in [3.8, 4) is 0 Å². The highest BCUT2D eigenvalue weighted by Crippen LogP contribution is 2.53. The summed E-state index contributed by atoms with van der Waals surface area (Å²) in [6, 6.07) is 0. The standard InChI is InChI=1S/C6H11Cl2N2O8P/c7-1-3-16-19(15,17-4-2-8)6(5-9(11)12)18-10(13)14/h6H,1-5H2. The maximum absolute atomic E-state index is 12.2. The second kappa shape index (κ2) is 9.27. The Balaban J connectivity index is 5.02. The Labute approximate surface area is 117 Å². The van der Waals surface area contributed by atoms with Gasteiger partial charge in [0.1, 0.15) is 0 Å². The molecule has 1 atom stereocenters. The average Bonchev–Trinajstić information content (AvgIpc) is 2.32. The molecule has 0 heterocycles. The Bertz CT molecular complexity index is 328. The van der Waals surface area contributed by atoms with Crippen LogP contribution in [0.3, 0.4) is 0 Å². The van der Waals surface area contributed by atoms with Gasteiger partial charge < -0.3 is 9.05 Å². The molecular weight excluding hydrogens is 330 g/mol. The van der Waals surface area contributed by atoms with Gasteiger partial charge in [-0.2, -0.15) is 0 Å². The minimum atomic E-state index is -4.24. The first kappa shape index (κ1) is 18.3. The zero-order valence-corrected chi connectivity index (χ0v) is 11.9. The van der Waals surface area contributed by atoms with E-state index in [1.807, 2.05) is 0 Å². The van der Waals surface area contributed by atoms with Crippen molar-refractivity contribution in [3.63, 3.8) is 0 Å². The number of alkyl halides is 2. The summed E-state index contributed by atoms with van der Waals surface area (Å²) in [6.07, 6.45) is 0. The van der Waals surface area contributed by atoms with Gasteiger partial charge in [-0.25, -0.2) is 0 Å². The van der Waals surface area contributed by atoms with Crippen molar-refractivity contribution < 1.29 is 28.5 Å². The van der Waals surface area contributed by atoms with Crippen LogP contribution in [0.25, 0.3) is 0 Å². The third-order valence-corrected chi connectivity index (χ3v) is 3.92. The number of nitro groups is 1. The maximum atomic E-state index is 12.2. The molecule has 0 fully saturated rings. The maximum Gasteiger partial charge on any atom is 0.366 e. The summed E-state index contributed by atoms with van der Waals surface area (Å²) in [5.74, 6) is -2.15. The van der Waals surface area contributed by atoms with Crippen molar-refractivity contribution in [2.75, 3.05) is 31.5 Å². The lowest BCUT2D eigenvalue weighted by molar-refractivity contribution is -0.768. The van der Waals surface area contributed by atoms with Gasteiger partial charge in [0.05, 0.1) is 13.2 Å². The zero-order valence-electron chi connectivity index (χ0n) is 9.48. The Kier molecular flexibility index (Phi) is 8.94. The topological polar surface area (TPSA) is 131 Å². The molecule has 0 rings (SSSR count). The fraction of sp³-hybridized carbons (Fsp3) is 1.00. The highest BCUT2D eigenvalue weighted by atomic mass is 35.5. The molecule has 1 unspecified atom stereocenters. The van der Waals surface area contributed by atoms with E-state index in [1.54, 1.807) is 0 Å². The van der Waals surface area contributed by atoms with Gasteiger partial charge in [0.2, 0.25) is 6.54 Å². The van der Waals surface area contributed by atoms with Gasteiger partial charge in [-0.05, 0) is 0 Å². The van der Waals surface area contributed by atoms with Gasteiger partial charge in [-0.15, -0.1) is 33.3 Å². The van der Waals surface area contributed by atoms with E-state index in [9.17, 15) is 24.8 Å². The van der Waals surface area contributed by atoms with E-state index in [4.69, 9.17) is 32.2 Å². The molecule has 0 amide bonds. The molecular formula is C6H11Cl2N2O8P. The molecule has 0 aromatic rings. The molecule has 0 aromatic heterocycles. The van der Waals surface area contributed by atoms with Crippen molar-refractivity contribution in [1.29, 1.82) is 0 Å². The molecule has 0 aliphatic heterocycles. The lowest BCUT2D eigenvalue weighted by Crippen LogP contribution is -2.28. The fourth-order valence-corrected chi connectivity index (χ4v) is 2.94. The molecule has 112 valence electrons. The summed E-state index contributed by atoms with van der Waals surface area (Å²) in [6.45, 7) is -1.68. The van der Waals surface area contributed by atoms with Crippen LogP contribution in [0.5, 0.6) is 0 Å². The van der Waals surface area contributed by atoms with Gasteiger partial charge in [0.25, 0.3) is 10.9 Å². The third-order valence-electron chi connectivity index (χ3n) is 1.56. The van der Waals surface area contributed by atoms with E-state index in [1.165, 1.54) is 0 Å². The van der Waals surface area contributed by atoms with Gasteiger partial charge in [0, 0.05) is 16.7 Å². The van der Waals surface area contributed by atoms with Crippen molar-refractivity contribution in [2.24, 2.45) is 0 Å². The molecule has 0 saturated carbocycles. The average molecular weight is 341 g/mol. The lowest BCUT2D eigenvalue weighted by Gasteiger charge is -2.22. The normalized spacial score (nSPS) is 12.9. The SMILES string of the molecule is O=[N+]([O-])CC(O[N+](=O)[O-])P(=O)(OCCCl)OCCCl.